The molecule has 3 aliphatic heterocycles. The molecule has 0 saturated carbocycles. The Balaban J connectivity index is 1.31. The van der Waals surface area contributed by atoms with Crippen molar-refractivity contribution in [2.75, 3.05) is 38.2 Å². The number of aromatic nitrogens is 4. The van der Waals surface area contributed by atoms with E-state index in [9.17, 15) is 0 Å². The molecule has 186 valence electrons. The van der Waals surface area contributed by atoms with Gasteiger partial charge in [-0.15, -0.1) is 0 Å². The third-order valence-corrected chi connectivity index (χ3v) is 8.22. The maximum absolute atomic E-state index is 6.44. The summed E-state index contributed by atoms with van der Waals surface area (Å²) in [6, 6.07) is 10.3. The number of imidazole rings is 1. The van der Waals surface area contributed by atoms with Crippen LogP contribution in [-0.2, 0) is 0 Å². The second-order valence-electron chi connectivity index (χ2n) is 10.4. The molecule has 9 heteroatoms. The first-order valence-corrected chi connectivity index (χ1v) is 13.3. The van der Waals surface area contributed by atoms with Crippen molar-refractivity contribution in [2.24, 2.45) is 0 Å². The first-order chi connectivity index (χ1) is 17.6. The summed E-state index contributed by atoms with van der Waals surface area (Å²) in [7, 11) is 2.16. The number of fused-ring (bicyclic) bond motifs is 4. The quantitative estimate of drug-likeness (QED) is 0.441. The van der Waals surface area contributed by atoms with Gasteiger partial charge >= 0.3 is 6.01 Å². The molecule has 1 aromatic carbocycles. The molecular formula is C27H30ClN7O. The fourth-order valence-electron chi connectivity index (χ4n) is 6.11. The van der Waals surface area contributed by atoms with Crippen LogP contribution in [0.1, 0.15) is 25.7 Å². The lowest BCUT2D eigenvalue weighted by atomic mass is 10.0. The molecule has 4 aromatic rings. The Labute approximate surface area is 215 Å². The fourth-order valence-corrected chi connectivity index (χ4v) is 6.32. The number of likely N-dealkylation sites (N-methyl/N-ethyl adjacent to an activating group) is 1. The standard InChI is InChI=1S/C27H30ClN7O/c1-33-9-2-3-21(33)16-36-27-31-24-11-17(23-12-18(28)13-34-10-8-29-25(23)34)4-7-22(24)26(32-27)35-14-19-5-6-20(15-35)30-19/h4,7-8,10-13,19-21,30H,2-3,5-6,9,14-16H2,1H3/t19-,20+,21-/m0/s1. The van der Waals surface area contributed by atoms with Crippen molar-refractivity contribution in [3.8, 4) is 17.1 Å². The van der Waals surface area contributed by atoms with Gasteiger partial charge in [0.1, 0.15) is 18.1 Å². The third-order valence-electron chi connectivity index (χ3n) is 8.01. The van der Waals surface area contributed by atoms with Crippen molar-refractivity contribution in [1.82, 2.24) is 29.6 Å². The molecule has 3 fully saturated rings. The summed E-state index contributed by atoms with van der Waals surface area (Å²) in [5.41, 5.74) is 3.74. The van der Waals surface area contributed by atoms with Gasteiger partial charge in [0.25, 0.3) is 0 Å². The van der Waals surface area contributed by atoms with Crippen LogP contribution in [0.25, 0.3) is 27.7 Å². The van der Waals surface area contributed by atoms with E-state index >= 15 is 0 Å². The number of hydrogen-bond donors (Lipinski definition) is 1. The minimum Gasteiger partial charge on any atom is -0.462 e. The zero-order valence-electron chi connectivity index (χ0n) is 20.4. The van der Waals surface area contributed by atoms with E-state index in [1.807, 2.05) is 22.9 Å². The second kappa shape index (κ2) is 8.87. The van der Waals surface area contributed by atoms with Gasteiger partial charge in [-0.3, -0.25) is 0 Å². The molecule has 3 aliphatic rings. The molecule has 0 aliphatic carbocycles. The van der Waals surface area contributed by atoms with Crippen LogP contribution in [0.4, 0.5) is 5.82 Å². The van der Waals surface area contributed by atoms with Crippen molar-refractivity contribution in [3.05, 3.63) is 47.9 Å². The monoisotopic (exact) mass is 503 g/mol. The Morgan fingerprint density at radius 1 is 1.11 bits per heavy atom. The van der Waals surface area contributed by atoms with Crippen LogP contribution in [0.3, 0.4) is 0 Å². The van der Waals surface area contributed by atoms with Crippen molar-refractivity contribution < 1.29 is 4.74 Å². The summed E-state index contributed by atoms with van der Waals surface area (Å²) in [5.74, 6) is 0.969. The van der Waals surface area contributed by atoms with E-state index in [2.05, 4.69) is 45.3 Å². The largest absolute Gasteiger partial charge is 0.462 e. The van der Waals surface area contributed by atoms with Crippen molar-refractivity contribution in [1.29, 1.82) is 0 Å². The Morgan fingerprint density at radius 3 is 2.78 bits per heavy atom. The summed E-state index contributed by atoms with van der Waals surface area (Å²) in [6.45, 7) is 3.64. The molecule has 0 unspecified atom stereocenters. The number of piperazine rings is 1. The van der Waals surface area contributed by atoms with Gasteiger partial charge in [-0.05, 0) is 63.0 Å². The van der Waals surface area contributed by atoms with Gasteiger partial charge < -0.3 is 24.3 Å². The van der Waals surface area contributed by atoms with Gasteiger partial charge in [0.05, 0.1) is 10.5 Å². The molecule has 0 radical (unpaired) electrons. The van der Waals surface area contributed by atoms with E-state index in [0.717, 1.165) is 59.5 Å². The number of likely N-dealkylation sites (tertiary alicyclic amines) is 1. The van der Waals surface area contributed by atoms with Crippen LogP contribution in [0.15, 0.2) is 42.9 Å². The smallest absolute Gasteiger partial charge is 0.319 e. The highest BCUT2D eigenvalue weighted by atomic mass is 35.5. The van der Waals surface area contributed by atoms with Gasteiger partial charge in [-0.1, -0.05) is 17.7 Å². The van der Waals surface area contributed by atoms with Crippen LogP contribution in [0, 0.1) is 0 Å². The summed E-state index contributed by atoms with van der Waals surface area (Å²) in [4.78, 5) is 19.2. The molecule has 3 aromatic heterocycles. The molecule has 3 atom stereocenters. The lowest BCUT2D eigenvalue weighted by Gasteiger charge is -2.34. The lowest BCUT2D eigenvalue weighted by molar-refractivity contribution is 0.188. The number of anilines is 1. The van der Waals surface area contributed by atoms with Gasteiger partial charge in [0, 0.05) is 60.8 Å². The Bertz CT molecular complexity index is 1430. The van der Waals surface area contributed by atoms with Gasteiger partial charge in [-0.2, -0.15) is 9.97 Å². The van der Waals surface area contributed by atoms with Gasteiger partial charge in [-0.25, -0.2) is 4.98 Å². The van der Waals surface area contributed by atoms with Crippen molar-refractivity contribution in [3.63, 3.8) is 0 Å². The molecule has 36 heavy (non-hydrogen) atoms. The maximum Gasteiger partial charge on any atom is 0.319 e. The molecule has 8 nitrogen and oxygen atoms in total. The number of pyridine rings is 1. The summed E-state index contributed by atoms with van der Waals surface area (Å²) < 4.78 is 8.20. The maximum atomic E-state index is 6.44. The molecule has 7 rings (SSSR count). The van der Waals surface area contributed by atoms with Crippen molar-refractivity contribution >= 4 is 34.0 Å². The number of nitrogens with zero attached hydrogens (tertiary/aromatic N) is 6. The van der Waals surface area contributed by atoms with Crippen molar-refractivity contribution in [2.45, 2.75) is 43.8 Å². The third kappa shape index (κ3) is 3.97. The number of hydrogen-bond acceptors (Lipinski definition) is 7. The Kier molecular flexibility index (Phi) is 5.49. The minimum absolute atomic E-state index is 0.411. The first-order valence-electron chi connectivity index (χ1n) is 12.9. The van der Waals surface area contributed by atoms with Gasteiger partial charge in [0.15, 0.2) is 0 Å². The average Bonchev–Trinajstić information content (AvgIpc) is 3.61. The van der Waals surface area contributed by atoms with E-state index in [1.165, 1.54) is 19.3 Å². The number of nitrogens with one attached hydrogen (secondary N) is 1. The van der Waals surface area contributed by atoms with Crippen LogP contribution < -0.4 is 15.0 Å². The molecule has 3 saturated heterocycles. The average molecular weight is 504 g/mol. The lowest BCUT2D eigenvalue weighted by Crippen LogP contribution is -2.51. The number of rotatable bonds is 5. The predicted molar refractivity (Wildman–Crippen MR) is 142 cm³/mol. The molecule has 0 spiro atoms. The highest BCUT2D eigenvalue weighted by Crippen LogP contribution is 2.34. The molecule has 2 bridgehead atoms. The normalized spacial score (nSPS) is 24.3. The van der Waals surface area contributed by atoms with Crippen LogP contribution in [0.5, 0.6) is 6.01 Å². The zero-order valence-corrected chi connectivity index (χ0v) is 21.2. The van der Waals surface area contributed by atoms with E-state index in [4.69, 9.17) is 26.3 Å². The fraction of sp³-hybridized carbons (Fsp3) is 0.444. The predicted octanol–water partition coefficient (Wildman–Crippen LogP) is 4.01. The highest BCUT2D eigenvalue weighted by Gasteiger charge is 2.34. The first kappa shape index (κ1) is 22.3. The van der Waals surface area contributed by atoms with E-state index in [0.29, 0.717) is 35.8 Å². The zero-order chi connectivity index (χ0) is 24.2. The van der Waals surface area contributed by atoms with E-state index < -0.39 is 0 Å². The number of halogens is 1. The molecule has 1 N–H and O–H groups in total. The Hall–Kier alpha value is -2.94. The van der Waals surface area contributed by atoms with Crippen LogP contribution >= 0.6 is 11.6 Å². The Morgan fingerprint density at radius 2 is 1.97 bits per heavy atom. The van der Waals surface area contributed by atoms with E-state index in [-0.39, 0.29) is 0 Å². The molecule has 6 heterocycles. The van der Waals surface area contributed by atoms with Crippen LogP contribution in [0.2, 0.25) is 5.02 Å². The summed E-state index contributed by atoms with van der Waals surface area (Å²) in [5, 5.41) is 5.44. The SMILES string of the molecule is CN1CCC[C@H]1COc1nc(N2C[C@H]3CC[C@@H](C2)N3)c2ccc(-c3cc(Cl)cn4ccnc34)cc2n1. The van der Waals surface area contributed by atoms with Crippen LogP contribution in [-0.4, -0.2) is 75.7 Å². The number of ether oxygens (including phenoxy) is 1. The minimum atomic E-state index is 0.411. The highest BCUT2D eigenvalue weighted by molar-refractivity contribution is 6.31. The number of benzene rings is 1. The summed E-state index contributed by atoms with van der Waals surface area (Å²) in [6.07, 6.45) is 10.4. The topological polar surface area (TPSA) is 70.8 Å². The summed E-state index contributed by atoms with van der Waals surface area (Å²) >= 11 is 6.44. The molecule has 0 amide bonds. The molecular weight excluding hydrogens is 474 g/mol. The second-order valence-corrected chi connectivity index (χ2v) is 10.9. The van der Waals surface area contributed by atoms with Gasteiger partial charge in [0.2, 0.25) is 0 Å². The van der Waals surface area contributed by atoms with E-state index in [1.54, 1.807) is 6.20 Å².